The smallest absolute Gasteiger partial charge is 0.253 e. The van der Waals surface area contributed by atoms with Gasteiger partial charge in [0.2, 0.25) is 0 Å². The van der Waals surface area contributed by atoms with Gasteiger partial charge in [-0.1, -0.05) is 20.3 Å². The number of rotatable bonds is 3. The van der Waals surface area contributed by atoms with E-state index in [9.17, 15) is 4.79 Å². The van der Waals surface area contributed by atoms with Crippen LogP contribution >= 0.6 is 0 Å². The van der Waals surface area contributed by atoms with Crippen molar-refractivity contribution in [2.75, 3.05) is 37.8 Å². The number of hydrogen-bond acceptors (Lipinski definition) is 3. The summed E-state index contributed by atoms with van der Waals surface area (Å²) < 4.78 is 0. The lowest BCUT2D eigenvalue weighted by Crippen LogP contribution is -2.42. The van der Waals surface area contributed by atoms with E-state index in [1.807, 2.05) is 36.0 Å². The lowest BCUT2D eigenvalue weighted by atomic mass is 9.78. The Balaban J connectivity index is 2.09. The quantitative estimate of drug-likeness (QED) is 0.870. The van der Waals surface area contributed by atoms with Crippen LogP contribution in [-0.2, 0) is 0 Å². The summed E-state index contributed by atoms with van der Waals surface area (Å²) in [6, 6.07) is 5.59. The fourth-order valence-electron chi connectivity index (χ4n) is 2.88. The van der Waals surface area contributed by atoms with Crippen LogP contribution in [0.5, 0.6) is 0 Å². The monoisotopic (exact) mass is 289 g/mol. The van der Waals surface area contributed by atoms with Gasteiger partial charge in [-0.3, -0.25) is 4.79 Å². The van der Waals surface area contributed by atoms with Crippen molar-refractivity contribution in [3.05, 3.63) is 23.8 Å². The summed E-state index contributed by atoms with van der Waals surface area (Å²) in [7, 11) is 3.90. The summed E-state index contributed by atoms with van der Waals surface area (Å²) in [5.74, 6) is 0.102. The van der Waals surface area contributed by atoms with Gasteiger partial charge in [0.15, 0.2) is 0 Å². The number of likely N-dealkylation sites (tertiary alicyclic amines) is 1. The fraction of sp³-hybridized carbons (Fsp3) is 0.588. The molecule has 2 N–H and O–H groups in total. The molecule has 0 spiro atoms. The summed E-state index contributed by atoms with van der Waals surface area (Å²) in [5.41, 5.74) is 8.73. The lowest BCUT2D eigenvalue weighted by Gasteiger charge is -2.39. The molecule has 0 atom stereocenters. The van der Waals surface area contributed by atoms with Crippen LogP contribution in [0.1, 0.15) is 43.5 Å². The minimum Gasteiger partial charge on any atom is -0.397 e. The Bertz CT molecular complexity index is 517. The van der Waals surface area contributed by atoms with Gasteiger partial charge < -0.3 is 15.5 Å². The molecular weight excluding hydrogens is 262 g/mol. The zero-order chi connectivity index (χ0) is 15.6. The number of carbonyl (C=O) groups is 1. The van der Waals surface area contributed by atoms with Crippen molar-refractivity contribution < 1.29 is 4.79 Å². The second-order valence-electron chi connectivity index (χ2n) is 6.62. The average Bonchev–Trinajstić information content (AvgIpc) is 2.47. The van der Waals surface area contributed by atoms with Crippen LogP contribution in [0.15, 0.2) is 18.2 Å². The van der Waals surface area contributed by atoms with E-state index in [1.165, 1.54) is 6.42 Å². The normalized spacial score (nSPS) is 17.6. The maximum atomic E-state index is 12.6. The van der Waals surface area contributed by atoms with Crippen LogP contribution in [0.3, 0.4) is 0 Å². The van der Waals surface area contributed by atoms with Gasteiger partial charge >= 0.3 is 0 Å². The highest BCUT2D eigenvalue weighted by molar-refractivity contribution is 5.96. The Morgan fingerprint density at radius 3 is 2.43 bits per heavy atom. The van der Waals surface area contributed by atoms with E-state index in [1.54, 1.807) is 6.07 Å². The van der Waals surface area contributed by atoms with Gasteiger partial charge in [-0.15, -0.1) is 0 Å². The van der Waals surface area contributed by atoms with Crippen molar-refractivity contribution in [3.8, 4) is 0 Å². The number of carbonyl (C=O) groups excluding carboxylic acids is 1. The molecule has 1 aromatic rings. The number of piperidine rings is 1. The predicted molar refractivity (Wildman–Crippen MR) is 88.7 cm³/mol. The van der Waals surface area contributed by atoms with Crippen LogP contribution in [-0.4, -0.2) is 38.0 Å². The predicted octanol–water partition coefficient (Wildman–Crippen LogP) is 2.99. The molecule has 0 unspecified atom stereocenters. The highest BCUT2D eigenvalue weighted by atomic mass is 16.2. The number of benzene rings is 1. The van der Waals surface area contributed by atoms with E-state index in [2.05, 4.69) is 13.8 Å². The first-order valence-corrected chi connectivity index (χ1v) is 7.72. The summed E-state index contributed by atoms with van der Waals surface area (Å²) in [6.45, 7) is 6.24. The van der Waals surface area contributed by atoms with Crippen molar-refractivity contribution in [1.29, 1.82) is 0 Å². The molecule has 1 heterocycles. The molecule has 1 aliphatic heterocycles. The first-order valence-electron chi connectivity index (χ1n) is 7.72. The van der Waals surface area contributed by atoms with Gasteiger partial charge in [0, 0.05) is 32.7 Å². The van der Waals surface area contributed by atoms with Crippen LogP contribution in [0.2, 0.25) is 0 Å². The second-order valence-corrected chi connectivity index (χ2v) is 6.62. The molecule has 0 radical (unpaired) electrons. The Hall–Kier alpha value is -1.71. The van der Waals surface area contributed by atoms with Crippen LogP contribution in [0.25, 0.3) is 0 Å². The molecule has 0 aromatic heterocycles. The first kappa shape index (κ1) is 15.7. The minimum atomic E-state index is 0.102. The summed E-state index contributed by atoms with van der Waals surface area (Å²) in [6.07, 6.45) is 3.35. The summed E-state index contributed by atoms with van der Waals surface area (Å²) in [4.78, 5) is 16.5. The van der Waals surface area contributed by atoms with E-state index in [-0.39, 0.29) is 5.91 Å². The van der Waals surface area contributed by atoms with Gasteiger partial charge in [0.25, 0.3) is 5.91 Å². The maximum absolute atomic E-state index is 12.6. The molecule has 4 nitrogen and oxygen atoms in total. The molecule has 1 aliphatic rings. The van der Waals surface area contributed by atoms with Gasteiger partial charge in [-0.2, -0.15) is 0 Å². The zero-order valence-electron chi connectivity index (χ0n) is 13.6. The highest BCUT2D eigenvalue weighted by Crippen LogP contribution is 2.34. The Labute approximate surface area is 127 Å². The minimum absolute atomic E-state index is 0.102. The molecule has 116 valence electrons. The van der Waals surface area contributed by atoms with Crippen LogP contribution in [0.4, 0.5) is 11.4 Å². The van der Waals surface area contributed by atoms with Crippen molar-refractivity contribution >= 4 is 17.3 Å². The molecular formula is C17H27N3O. The van der Waals surface area contributed by atoms with Gasteiger partial charge in [-0.25, -0.2) is 0 Å². The molecule has 4 heteroatoms. The highest BCUT2D eigenvalue weighted by Gasteiger charge is 2.30. The molecule has 1 saturated heterocycles. The number of hydrogen-bond donors (Lipinski definition) is 1. The van der Waals surface area contributed by atoms with E-state index < -0.39 is 0 Å². The molecule has 21 heavy (non-hydrogen) atoms. The van der Waals surface area contributed by atoms with Crippen LogP contribution < -0.4 is 10.6 Å². The van der Waals surface area contributed by atoms with Gasteiger partial charge in [0.05, 0.1) is 11.4 Å². The van der Waals surface area contributed by atoms with Crippen molar-refractivity contribution in [1.82, 2.24) is 4.90 Å². The molecule has 0 bridgehead atoms. The molecule has 0 saturated carbocycles. The third-order valence-electron chi connectivity index (χ3n) is 4.87. The Kier molecular flexibility index (Phi) is 4.45. The third-order valence-corrected chi connectivity index (χ3v) is 4.87. The van der Waals surface area contributed by atoms with E-state index >= 15 is 0 Å². The molecule has 2 rings (SSSR count). The molecule has 0 aliphatic carbocycles. The zero-order valence-corrected chi connectivity index (χ0v) is 13.6. The third kappa shape index (κ3) is 3.31. The van der Waals surface area contributed by atoms with Crippen LogP contribution in [0, 0.1) is 5.41 Å². The maximum Gasteiger partial charge on any atom is 0.253 e. The van der Waals surface area contributed by atoms with E-state index in [0.717, 1.165) is 31.6 Å². The van der Waals surface area contributed by atoms with E-state index in [0.29, 0.717) is 16.7 Å². The number of nitrogen functional groups attached to an aromatic ring is 1. The van der Waals surface area contributed by atoms with Gasteiger partial charge in [-0.05, 0) is 36.5 Å². The average molecular weight is 289 g/mol. The first-order chi connectivity index (χ1) is 9.86. The van der Waals surface area contributed by atoms with Crippen molar-refractivity contribution in [2.24, 2.45) is 5.41 Å². The summed E-state index contributed by atoms with van der Waals surface area (Å²) >= 11 is 0. The summed E-state index contributed by atoms with van der Waals surface area (Å²) in [5, 5.41) is 0. The van der Waals surface area contributed by atoms with Gasteiger partial charge in [0.1, 0.15) is 0 Å². The Morgan fingerprint density at radius 2 is 1.95 bits per heavy atom. The standard InChI is InChI=1S/C17H27N3O/c1-5-17(2)8-10-20(11-9-17)16(21)13-6-7-15(19(3)4)14(18)12-13/h6-7,12H,5,8-11,18H2,1-4H3. The topological polar surface area (TPSA) is 49.6 Å². The lowest BCUT2D eigenvalue weighted by molar-refractivity contribution is 0.0600. The SMILES string of the molecule is CCC1(C)CCN(C(=O)c2ccc(N(C)C)c(N)c2)CC1. The van der Waals surface area contributed by atoms with E-state index in [4.69, 9.17) is 5.73 Å². The van der Waals surface area contributed by atoms with Crippen molar-refractivity contribution in [3.63, 3.8) is 0 Å². The largest absolute Gasteiger partial charge is 0.397 e. The number of nitrogens with zero attached hydrogens (tertiary/aromatic N) is 2. The Morgan fingerprint density at radius 1 is 1.33 bits per heavy atom. The fourth-order valence-corrected chi connectivity index (χ4v) is 2.88. The van der Waals surface area contributed by atoms with Crippen molar-refractivity contribution in [2.45, 2.75) is 33.1 Å². The number of nitrogens with two attached hydrogens (primary N) is 1. The molecule has 1 fully saturated rings. The number of amides is 1. The molecule has 1 aromatic carbocycles. The second kappa shape index (κ2) is 5.96. The number of anilines is 2. The molecule has 1 amide bonds.